The van der Waals surface area contributed by atoms with Crippen molar-refractivity contribution >= 4 is 43.7 Å². The number of sulfone groups is 1. The first-order valence-corrected chi connectivity index (χ1v) is 16.4. The molecule has 1 aliphatic rings. The topological polar surface area (TPSA) is 137 Å². The minimum Gasteiger partial charge on any atom is -0.350 e. The zero-order valence-electron chi connectivity index (χ0n) is 23.7. The first-order chi connectivity index (χ1) is 19.5. The molecule has 4 N–H and O–H groups in total. The first-order valence-electron chi connectivity index (χ1n) is 13.7. The van der Waals surface area contributed by atoms with Crippen LogP contribution in [0.3, 0.4) is 0 Å². The van der Waals surface area contributed by atoms with Gasteiger partial charge in [0.15, 0.2) is 16.1 Å². The maximum atomic E-state index is 14.2. The van der Waals surface area contributed by atoms with Crippen LogP contribution >= 0.6 is 15.9 Å². The van der Waals surface area contributed by atoms with E-state index in [0.29, 0.717) is 18.6 Å². The number of rotatable bonds is 13. The van der Waals surface area contributed by atoms with Gasteiger partial charge in [0.25, 0.3) is 0 Å². The summed E-state index contributed by atoms with van der Waals surface area (Å²) in [6.45, 7) is 4.29. The number of hydrogen-bond acceptors (Lipinski definition) is 7. The number of ether oxygens (including phenoxy) is 1. The number of nitrogens with one attached hydrogen (secondary N) is 2. The van der Waals surface area contributed by atoms with Crippen molar-refractivity contribution in [3.05, 3.63) is 76.3 Å². The number of carbonyl (C=O) groups is 2. The minimum atomic E-state index is -4.08. The normalized spacial score (nSPS) is 18.9. The van der Waals surface area contributed by atoms with Crippen molar-refractivity contribution in [3.63, 3.8) is 0 Å². The monoisotopic (exact) mass is 649 g/mol. The summed E-state index contributed by atoms with van der Waals surface area (Å²) in [6, 6.07) is 16.4. The van der Waals surface area contributed by atoms with Gasteiger partial charge in [-0.15, -0.1) is 0 Å². The molecule has 0 bridgehead atoms. The van der Waals surface area contributed by atoms with Crippen LogP contribution < -0.4 is 16.7 Å². The zero-order chi connectivity index (χ0) is 30.0. The van der Waals surface area contributed by atoms with Crippen LogP contribution in [0.25, 0.3) is 6.08 Å². The molecule has 1 aliphatic heterocycles. The molecule has 2 amide bonds. The van der Waals surface area contributed by atoms with Gasteiger partial charge in [0.2, 0.25) is 11.8 Å². The Labute approximate surface area is 251 Å². The maximum Gasteiger partial charge on any atom is 0.249 e. The zero-order valence-corrected chi connectivity index (χ0v) is 26.1. The van der Waals surface area contributed by atoms with E-state index in [9.17, 15) is 18.0 Å². The van der Waals surface area contributed by atoms with E-state index in [1.807, 2.05) is 44.2 Å². The number of hydrazine groups is 1. The molecule has 11 heteroatoms. The van der Waals surface area contributed by atoms with Crippen LogP contribution in [0.1, 0.15) is 50.7 Å². The van der Waals surface area contributed by atoms with Crippen LogP contribution in [0.5, 0.6) is 0 Å². The quantitative estimate of drug-likeness (QED) is 0.167. The third kappa shape index (κ3) is 8.96. The Morgan fingerprint density at radius 1 is 1.12 bits per heavy atom. The SMILES string of the molecule is CC(C)C[C@@H](C(=O)NN)[C@@H](C(=O)NOC1CCCCO1)C(/C=C/c1ccccc1)(Cc1ccc(Br)cc1)S(C)(=O)=O. The smallest absolute Gasteiger partial charge is 0.249 e. The van der Waals surface area contributed by atoms with Crippen molar-refractivity contribution in [1.82, 2.24) is 10.9 Å². The predicted molar refractivity (Wildman–Crippen MR) is 162 cm³/mol. The summed E-state index contributed by atoms with van der Waals surface area (Å²) in [5.41, 5.74) is 6.05. The van der Waals surface area contributed by atoms with Gasteiger partial charge in [0.05, 0.1) is 11.8 Å². The highest BCUT2D eigenvalue weighted by molar-refractivity contribution is 9.10. The molecule has 4 atom stereocenters. The van der Waals surface area contributed by atoms with Crippen LogP contribution in [0.4, 0.5) is 0 Å². The Balaban J connectivity index is 2.23. The summed E-state index contributed by atoms with van der Waals surface area (Å²) in [7, 11) is -4.08. The van der Waals surface area contributed by atoms with Crippen molar-refractivity contribution in [2.75, 3.05) is 12.9 Å². The third-order valence-corrected chi connectivity index (χ3v) is 9.73. The molecule has 9 nitrogen and oxygen atoms in total. The van der Waals surface area contributed by atoms with Crippen LogP contribution in [0.2, 0.25) is 0 Å². The summed E-state index contributed by atoms with van der Waals surface area (Å²) in [6.07, 6.45) is 6.11. The van der Waals surface area contributed by atoms with Crippen molar-refractivity contribution in [2.24, 2.45) is 23.6 Å². The number of hydroxylamine groups is 1. The highest BCUT2D eigenvalue weighted by Crippen LogP contribution is 2.41. The molecule has 0 aromatic heterocycles. The maximum absolute atomic E-state index is 14.2. The first kappa shape index (κ1) is 32.9. The fourth-order valence-corrected chi connectivity index (χ4v) is 6.97. The van der Waals surface area contributed by atoms with Crippen LogP contribution in [0, 0.1) is 17.8 Å². The van der Waals surface area contributed by atoms with E-state index in [-0.39, 0.29) is 18.8 Å². The van der Waals surface area contributed by atoms with Crippen LogP contribution in [-0.2, 0) is 35.4 Å². The van der Waals surface area contributed by atoms with Crippen molar-refractivity contribution in [2.45, 2.75) is 57.0 Å². The molecule has 2 unspecified atom stereocenters. The molecule has 2 aromatic rings. The number of hydrogen-bond donors (Lipinski definition) is 3. The van der Waals surface area contributed by atoms with E-state index in [1.54, 1.807) is 30.3 Å². The number of amides is 2. The van der Waals surface area contributed by atoms with Crippen molar-refractivity contribution < 1.29 is 27.6 Å². The third-order valence-electron chi connectivity index (χ3n) is 7.29. The average Bonchev–Trinajstić information content (AvgIpc) is 2.95. The summed E-state index contributed by atoms with van der Waals surface area (Å²) in [5, 5.41) is 0. The summed E-state index contributed by atoms with van der Waals surface area (Å²) < 4.78 is 32.6. The number of carbonyl (C=O) groups excluding carboxylic acids is 2. The van der Waals surface area contributed by atoms with Gasteiger partial charge in [0, 0.05) is 23.8 Å². The minimum absolute atomic E-state index is 0.0572. The Hall–Kier alpha value is -2.57. The highest BCUT2D eigenvalue weighted by atomic mass is 79.9. The summed E-state index contributed by atoms with van der Waals surface area (Å²) in [4.78, 5) is 33.1. The predicted octanol–water partition coefficient (Wildman–Crippen LogP) is 4.33. The molecule has 0 aliphatic carbocycles. The largest absolute Gasteiger partial charge is 0.350 e. The highest BCUT2D eigenvalue weighted by Gasteiger charge is 2.54. The molecule has 0 spiro atoms. The van der Waals surface area contributed by atoms with Gasteiger partial charge < -0.3 is 4.74 Å². The fraction of sp³-hybridized carbons (Fsp3) is 0.467. The molecule has 0 radical (unpaired) electrons. The second-order valence-electron chi connectivity index (χ2n) is 10.9. The number of nitrogens with two attached hydrogens (primary N) is 1. The second kappa shape index (κ2) is 15.1. The fourth-order valence-electron chi connectivity index (χ4n) is 5.23. The van der Waals surface area contributed by atoms with Gasteiger partial charge in [-0.3, -0.25) is 15.0 Å². The molecule has 41 heavy (non-hydrogen) atoms. The van der Waals surface area contributed by atoms with E-state index >= 15 is 0 Å². The Kier molecular flexibility index (Phi) is 12.1. The number of halogens is 1. The van der Waals surface area contributed by atoms with Gasteiger partial charge in [-0.1, -0.05) is 84.4 Å². The lowest BCUT2D eigenvalue weighted by atomic mass is 9.73. The molecular weight excluding hydrogens is 610 g/mol. The average molecular weight is 651 g/mol. The second-order valence-corrected chi connectivity index (χ2v) is 14.1. The molecule has 1 fully saturated rings. The molecule has 3 rings (SSSR count). The van der Waals surface area contributed by atoms with Gasteiger partial charge in [-0.25, -0.2) is 24.6 Å². The molecule has 1 saturated heterocycles. The van der Waals surface area contributed by atoms with Crippen molar-refractivity contribution in [3.8, 4) is 0 Å². The van der Waals surface area contributed by atoms with Gasteiger partial charge in [0.1, 0.15) is 4.75 Å². The lowest BCUT2D eigenvalue weighted by Crippen LogP contribution is -2.58. The Morgan fingerprint density at radius 2 is 1.80 bits per heavy atom. The molecule has 224 valence electrons. The van der Waals surface area contributed by atoms with E-state index in [4.69, 9.17) is 15.4 Å². The number of benzene rings is 2. The molecular formula is C30H40BrN3O6S. The van der Waals surface area contributed by atoms with Crippen LogP contribution in [-0.4, -0.2) is 44.1 Å². The lowest BCUT2D eigenvalue weighted by Gasteiger charge is -2.40. The van der Waals surface area contributed by atoms with Gasteiger partial charge >= 0.3 is 0 Å². The van der Waals surface area contributed by atoms with Gasteiger partial charge in [-0.2, -0.15) is 0 Å². The van der Waals surface area contributed by atoms with Crippen LogP contribution in [0.15, 0.2) is 65.1 Å². The van der Waals surface area contributed by atoms with Crippen molar-refractivity contribution in [1.29, 1.82) is 0 Å². The lowest BCUT2D eigenvalue weighted by molar-refractivity contribution is -0.203. The van der Waals surface area contributed by atoms with Gasteiger partial charge in [-0.05, 0) is 54.9 Å². The molecule has 1 heterocycles. The van der Waals surface area contributed by atoms with E-state index < -0.39 is 44.5 Å². The Bertz CT molecular complexity index is 1280. The summed E-state index contributed by atoms with van der Waals surface area (Å²) in [5.74, 6) is 1.67. The van der Waals surface area contributed by atoms with E-state index in [0.717, 1.165) is 29.1 Å². The standard InChI is InChI=1S/C30H40BrN3O6S/c1-21(2)19-25(28(35)33-32)27(29(36)34-40-26-11-7-8-18-39-26)30(41(3,37)38,17-16-22-9-5-4-6-10-22)20-23-12-14-24(31)15-13-23/h4-6,9-10,12-17,21,25-27H,7-8,11,18-20,32H2,1-3H3,(H,33,35)(H,34,36)/b17-16+/t25-,26?,27+,30?/m1/s1. The Morgan fingerprint density at radius 3 is 2.37 bits per heavy atom. The summed E-state index contributed by atoms with van der Waals surface area (Å²) >= 11 is 3.42. The molecule has 2 aromatic carbocycles. The molecule has 0 saturated carbocycles. The van der Waals surface area contributed by atoms with E-state index in [1.165, 1.54) is 6.08 Å². The van der Waals surface area contributed by atoms with E-state index in [2.05, 4.69) is 26.8 Å².